The molecule has 1 aliphatic heterocycles. The summed E-state index contributed by atoms with van der Waals surface area (Å²) in [6, 6.07) is 2.88. The summed E-state index contributed by atoms with van der Waals surface area (Å²) in [7, 11) is 0. The molecule has 1 aliphatic rings. The maximum Gasteiger partial charge on any atom is 0.277 e. The third kappa shape index (κ3) is 2.52. The molecule has 6 nitrogen and oxygen atoms in total. The molecule has 0 aliphatic carbocycles. The first kappa shape index (κ1) is 13.3. The highest BCUT2D eigenvalue weighted by Gasteiger charge is 2.27. The molecular formula is C13H15NO5. The van der Waals surface area contributed by atoms with Crippen LogP contribution in [0.2, 0.25) is 0 Å². The molecular weight excluding hydrogens is 250 g/mol. The van der Waals surface area contributed by atoms with Crippen LogP contribution in [-0.4, -0.2) is 23.9 Å². The Kier molecular flexibility index (Phi) is 3.69. The van der Waals surface area contributed by atoms with E-state index in [2.05, 4.69) is 0 Å². The fraction of sp³-hybridized carbons (Fsp3) is 0.462. The van der Waals surface area contributed by atoms with Crippen LogP contribution in [0.4, 0.5) is 5.69 Å². The SMILES string of the molecule is CCC(=O)C(C)c1cc2c(cc1[N+](=O)[O-])OCCO2. The Labute approximate surface area is 110 Å². The van der Waals surface area contributed by atoms with Crippen molar-refractivity contribution in [2.45, 2.75) is 26.2 Å². The van der Waals surface area contributed by atoms with Crippen LogP contribution in [0.15, 0.2) is 12.1 Å². The van der Waals surface area contributed by atoms with E-state index in [-0.39, 0.29) is 11.5 Å². The Bertz CT molecular complexity index is 526. The molecule has 0 N–H and O–H groups in total. The van der Waals surface area contributed by atoms with Gasteiger partial charge in [-0.1, -0.05) is 13.8 Å². The van der Waals surface area contributed by atoms with Crippen molar-refractivity contribution < 1.29 is 19.2 Å². The molecule has 0 bridgehead atoms. The number of nitro groups is 1. The average molecular weight is 265 g/mol. The summed E-state index contributed by atoms with van der Waals surface area (Å²) in [4.78, 5) is 22.4. The van der Waals surface area contributed by atoms with Gasteiger partial charge in [-0.3, -0.25) is 14.9 Å². The van der Waals surface area contributed by atoms with Crippen molar-refractivity contribution in [3.05, 3.63) is 27.8 Å². The summed E-state index contributed by atoms with van der Waals surface area (Å²) >= 11 is 0. The van der Waals surface area contributed by atoms with E-state index in [1.165, 1.54) is 6.07 Å². The Balaban J connectivity index is 2.51. The minimum atomic E-state index is -0.527. The third-order valence-electron chi connectivity index (χ3n) is 3.19. The highest BCUT2D eigenvalue weighted by molar-refractivity contribution is 5.86. The van der Waals surface area contributed by atoms with Crippen LogP contribution in [0, 0.1) is 10.1 Å². The van der Waals surface area contributed by atoms with Crippen molar-refractivity contribution in [1.29, 1.82) is 0 Å². The second-order valence-electron chi connectivity index (χ2n) is 4.35. The Morgan fingerprint density at radius 3 is 2.47 bits per heavy atom. The van der Waals surface area contributed by atoms with Gasteiger partial charge in [-0.2, -0.15) is 0 Å². The van der Waals surface area contributed by atoms with Crippen molar-refractivity contribution in [2.24, 2.45) is 0 Å². The smallest absolute Gasteiger partial charge is 0.277 e. The maximum absolute atomic E-state index is 11.8. The summed E-state index contributed by atoms with van der Waals surface area (Å²) in [5, 5.41) is 11.1. The lowest BCUT2D eigenvalue weighted by Crippen LogP contribution is -2.17. The van der Waals surface area contributed by atoms with Crippen molar-refractivity contribution in [3.8, 4) is 11.5 Å². The number of hydrogen-bond acceptors (Lipinski definition) is 5. The fourth-order valence-electron chi connectivity index (χ4n) is 2.08. The Morgan fingerprint density at radius 2 is 1.95 bits per heavy atom. The van der Waals surface area contributed by atoms with E-state index in [4.69, 9.17) is 9.47 Å². The second kappa shape index (κ2) is 5.26. The molecule has 19 heavy (non-hydrogen) atoms. The summed E-state index contributed by atoms with van der Waals surface area (Å²) in [6.45, 7) is 4.18. The Hall–Kier alpha value is -2.11. The van der Waals surface area contributed by atoms with E-state index < -0.39 is 10.8 Å². The van der Waals surface area contributed by atoms with Crippen LogP contribution in [0.3, 0.4) is 0 Å². The third-order valence-corrected chi connectivity index (χ3v) is 3.19. The van der Waals surface area contributed by atoms with Gasteiger partial charge < -0.3 is 9.47 Å². The molecule has 1 atom stereocenters. The summed E-state index contributed by atoms with van der Waals surface area (Å²) < 4.78 is 10.7. The quantitative estimate of drug-likeness (QED) is 0.617. The van der Waals surface area contributed by atoms with Gasteiger partial charge in [-0.25, -0.2) is 0 Å². The monoisotopic (exact) mass is 265 g/mol. The van der Waals surface area contributed by atoms with Crippen LogP contribution in [0.5, 0.6) is 11.5 Å². The summed E-state index contributed by atoms with van der Waals surface area (Å²) in [5.74, 6) is 0.251. The van der Waals surface area contributed by atoms with Crippen LogP contribution in [0.1, 0.15) is 31.7 Å². The number of nitro benzene ring substituents is 1. The number of ketones is 1. The summed E-state index contributed by atoms with van der Waals surface area (Å²) in [5.41, 5.74) is 0.277. The van der Waals surface area contributed by atoms with Gasteiger partial charge in [0.1, 0.15) is 19.0 Å². The average Bonchev–Trinajstić information content (AvgIpc) is 2.44. The first-order valence-electron chi connectivity index (χ1n) is 6.15. The van der Waals surface area contributed by atoms with Gasteiger partial charge in [0.15, 0.2) is 11.5 Å². The first-order valence-corrected chi connectivity index (χ1v) is 6.15. The lowest BCUT2D eigenvalue weighted by Gasteiger charge is -2.20. The molecule has 0 aromatic heterocycles. The largest absolute Gasteiger partial charge is 0.486 e. The maximum atomic E-state index is 11.8. The number of nitrogens with zero attached hydrogens (tertiary/aromatic N) is 1. The zero-order valence-corrected chi connectivity index (χ0v) is 10.8. The number of benzene rings is 1. The number of carbonyl (C=O) groups excluding carboxylic acids is 1. The van der Waals surface area contributed by atoms with Gasteiger partial charge in [0.05, 0.1) is 11.0 Å². The zero-order valence-electron chi connectivity index (χ0n) is 10.8. The van der Waals surface area contributed by atoms with Crippen molar-refractivity contribution in [2.75, 3.05) is 13.2 Å². The molecule has 1 heterocycles. The molecule has 102 valence electrons. The predicted octanol–water partition coefficient (Wildman–Crippen LogP) is 2.45. The predicted molar refractivity (Wildman–Crippen MR) is 67.8 cm³/mol. The highest BCUT2D eigenvalue weighted by atomic mass is 16.6. The number of hydrogen-bond donors (Lipinski definition) is 0. The van der Waals surface area contributed by atoms with Crippen LogP contribution in [0.25, 0.3) is 0 Å². The number of Topliss-reactive ketones (excluding diaryl/α,β-unsaturated/α-hetero) is 1. The van der Waals surface area contributed by atoms with E-state index in [9.17, 15) is 14.9 Å². The molecule has 0 radical (unpaired) electrons. The fourth-order valence-corrected chi connectivity index (χ4v) is 2.08. The number of carbonyl (C=O) groups is 1. The van der Waals surface area contributed by atoms with Gasteiger partial charge in [0.2, 0.25) is 0 Å². The lowest BCUT2D eigenvalue weighted by atomic mass is 9.93. The Morgan fingerprint density at radius 1 is 1.37 bits per heavy atom. The second-order valence-corrected chi connectivity index (χ2v) is 4.35. The van der Waals surface area contributed by atoms with Crippen molar-refractivity contribution in [1.82, 2.24) is 0 Å². The van der Waals surface area contributed by atoms with Gasteiger partial charge >= 0.3 is 0 Å². The molecule has 0 amide bonds. The van der Waals surface area contributed by atoms with Crippen LogP contribution < -0.4 is 9.47 Å². The van der Waals surface area contributed by atoms with Crippen LogP contribution in [-0.2, 0) is 4.79 Å². The number of rotatable bonds is 4. The molecule has 0 saturated carbocycles. The van der Waals surface area contributed by atoms with E-state index in [0.717, 1.165) is 0 Å². The normalized spacial score (nSPS) is 14.8. The molecule has 6 heteroatoms. The summed E-state index contributed by atoms with van der Waals surface area (Å²) in [6.07, 6.45) is 0.340. The number of fused-ring (bicyclic) bond motifs is 1. The van der Waals surface area contributed by atoms with E-state index >= 15 is 0 Å². The van der Waals surface area contributed by atoms with Crippen molar-refractivity contribution in [3.63, 3.8) is 0 Å². The number of ether oxygens (including phenoxy) is 2. The van der Waals surface area contributed by atoms with Gasteiger partial charge in [-0.15, -0.1) is 0 Å². The van der Waals surface area contributed by atoms with E-state index in [1.54, 1.807) is 19.9 Å². The molecule has 0 fully saturated rings. The van der Waals surface area contributed by atoms with Crippen LogP contribution >= 0.6 is 0 Å². The standard InChI is InChI=1S/C13H15NO5/c1-3-11(15)8(2)9-6-12-13(19-5-4-18-12)7-10(9)14(16)17/h6-8H,3-5H2,1-2H3. The molecule has 0 spiro atoms. The first-order chi connectivity index (χ1) is 9.04. The highest BCUT2D eigenvalue weighted by Crippen LogP contribution is 2.39. The van der Waals surface area contributed by atoms with Gasteiger partial charge in [0.25, 0.3) is 5.69 Å². The van der Waals surface area contributed by atoms with E-state index in [0.29, 0.717) is 36.7 Å². The van der Waals surface area contributed by atoms with Gasteiger partial charge in [0, 0.05) is 17.9 Å². The molecule has 2 rings (SSSR count). The zero-order chi connectivity index (χ0) is 14.0. The topological polar surface area (TPSA) is 78.7 Å². The molecule has 1 unspecified atom stereocenters. The minimum Gasteiger partial charge on any atom is -0.486 e. The molecule has 1 aromatic carbocycles. The van der Waals surface area contributed by atoms with Gasteiger partial charge in [-0.05, 0) is 6.07 Å². The lowest BCUT2D eigenvalue weighted by molar-refractivity contribution is -0.385. The van der Waals surface area contributed by atoms with Crippen molar-refractivity contribution >= 4 is 11.5 Å². The van der Waals surface area contributed by atoms with E-state index in [1.807, 2.05) is 0 Å². The minimum absolute atomic E-state index is 0.0419. The molecule has 1 aromatic rings. The molecule has 0 saturated heterocycles.